The summed E-state index contributed by atoms with van der Waals surface area (Å²) in [6.07, 6.45) is -3.11. The highest BCUT2D eigenvalue weighted by Gasteiger charge is 2.42. The van der Waals surface area contributed by atoms with E-state index in [1.54, 1.807) is 11.8 Å². The number of fused-ring (bicyclic) bond motifs is 1. The molecule has 1 aromatic heterocycles. The van der Waals surface area contributed by atoms with E-state index in [1.165, 1.54) is 6.07 Å². The number of aryl methyl sites for hydroxylation is 1. The van der Waals surface area contributed by atoms with Crippen molar-refractivity contribution in [2.75, 3.05) is 24.5 Å². The maximum Gasteiger partial charge on any atom is 0.416 e. The molecule has 0 aliphatic carbocycles. The quantitative estimate of drug-likeness (QED) is 0.682. The van der Waals surface area contributed by atoms with E-state index in [9.17, 15) is 23.1 Å². The second-order valence-electron chi connectivity index (χ2n) is 9.80. The van der Waals surface area contributed by atoms with E-state index in [1.807, 2.05) is 25.7 Å². The van der Waals surface area contributed by atoms with Crippen molar-refractivity contribution < 1.29 is 27.8 Å². The van der Waals surface area contributed by atoms with Crippen LogP contribution in [0.1, 0.15) is 44.9 Å². The van der Waals surface area contributed by atoms with Crippen molar-refractivity contribution in [1.82, 2.24) is 20.1 Å². The summed E-state index contributed by atoms with van der Waals surface area (Å²) in [5.41, 5.74) is -0.746. The van der Waals surface area contributed by atoms with Gasteiger partial charge in [-0.15, -0.1) is 10.2 Å². The number of phenols is 1. The highest BCUT2D eigenvalue weighted by molar-refractivity contribution is 5.70. The van der Waals surface area contributed by atoms with Gasteiger partial charge < -0.3 is 19.6 Å². The Labute approximate surface area is 195 Å². The van der Waals surface area contributed by atoms with Gasteiger partial charge in [0, 0.05) is 25.2 Å². The van der Waals surface area contributed by atoms with Gasteiger partial charge in [-0.3, -0.25) is 0 Å². The van der Waals surface area contributed by atoms with Gasteiger partial charge in [0.1, 0.15) is 17.0 Å². The minimum absolute atomic E-state index is 0.0211. The molecule has 11 heteroatoms. The molecule has 0 bridgehead atoms. The SMILES string of the molecule is Cc1nc(N2CC[C@@H]3CCN(C(=O)OC(C)(C)C)C[C@@H]32)nnc1-c1ccc(C(F)(F)F)cc1O. The van der Waals surface area contributed by atoms with Gasteiger partial charge in [0.15, 0.2) is 0 Å². The molecule has 184 valence electrons. The van der Waals surface area contributed by atoms with E-state index in [-0.39, 0.29) is 23.4 Å². The fourth-order valence-corrected chi connectivity index (χ4v) is 4.55. The number of hydrogen-bond donors (Lipinski definition) is 1. The molecule has 2 aliphatic heterocycles. The maximum atomic E-state index is 12.9. The topological polar surface area (TPSA) is 91.7 Å². The largest absolute Gasteiger partial charge is 0.507 e. The van der Waals surface area contributed by atoms with Gasteiger partial charge in [-0.25, -0.2) is 9.78 Å². The van der Waals surface area contributed by atoms with Crippen LogP contribution in [0.25, 0.3) is 11.3 Å². The van der Waals surface area contributed by atoms with Crippen LogP contribution in [-0.2, 0) is 10.9 Å². The zero-order valence-corrected chi connectivity index (χ0v) is 19.6. The number of alkyl halides is 3. The minimum atomic E-state index is -4.56. The number of anilines is 1. The number of aromatic hydroxyl groups is 1. The van der Waals surface area contributed by atoms with Crippen LogP contribution in [0.2, 0.25) is 0 Å². The summed E-state index contributed by atoms with van der Waals surface area (Å²) in [5, 5.41) is 18.6. The fraction of sp³-hybridized carbons (Fsp3) is 0.565. The molecule has 34 heavy (non-hydrogen) atoms. The smallest absolute Gasteiger partial charge is 0.416 e. The Balaban J connectivity index is 1.54. The van der Waals surface area contributed by atoms with Crippen LogP contribution in [0.4, 0.5) is 23.9 Å². The van der Waals surface area contributed by atoms with Crippen molar-refractivity contribution in [2.24, 2.45) is 5.92 Å². The van der Waals surface area contributed by atoms with Gasteiger partial charge in [-0.1, -0.05) is 0 Å². The van der Waals surface area contributed by atoms with Gasteiger partial charge >= 0.3 is 12.3 Å². The molecule has 1 aromatic carbocycles. The number of aromatic nitrogens is 3. The summed E-state index contributed by atoms with van der Waals surface area (Å²) in [5.74, 6) is 0.246. The molecule has 0 unspecified atom stereocenters. The first-order valence-corrected chi connectivity index (χ1v) is 11.2. The van der Waals surface area contributed by atoms with Crippen LogP contribution in [0.15, 0.2) is 18.2 Å². The Kier molecular flexibility index (Phi) is 6.07. The van der Waals surface area contributed by atoms with Crippen LogP contribution in [-0.4, -0.2) is 62.6 Å². The van der Waals surface area contributed by atoms with Crippen LogP contribution in [0.5, 0.6) is 5.75 Å². The number of benzene rings is 1. The molecular formula is C23H28F3N5O3. The van der Waals surface area contributed by atoms with E-state index < -0.39 is 23.1 Å². The lowest BCUT2D eigenvalue weighted by Crippen LogP contribution is -2.51. The van der Waals surface area contributed by atoms with Crippen LogP contribution in [0.3, 0.4) is 0 Å². The first-order chi connectivity index (χ1) is 15.8. The van der Waals surface area contributed by atoms with Gasteiger partial charge in [-0.05, 0) is 64.7 Å². The van der Waals surface area contributed by atoms with Gasteiger partial charge in [0.2, 0.25) is 5.95 Å². The van der Waals surface area contributed by atoms with Gasteiger partial charge in [0.05, 0.1) is 17.3 Å². The fourth-order valence-electron chi connectivity index (χ4n) is 4.55. The van der Waals surface area contributed by atoms with Crippen molar-refractivity contribution in [3.8, 4) is 17.0 Å². The minimum Gasteiger partial charge on any atom is -0.507 e. The Morgan fingerprint density at radius 2 is 1.85 bits per heavy atom. The van der Waals surface area contributed by atoms with Crippen LogP contribution in [0, 0.1) is 12.8 Å². The van der Waals surface area contributed by atoms with E-state index >= 15 is 0 Å². The average Bonchev–Trinajstić information content (AvgIpc) is 3.15. The number of likely N-dealkylation sites (tertiary alicyclic amines) is 1. The Hall–Kier alpha value is -3.11. The summed E-state index contributed by atoms with van der Waals surface area (Å²) in [7, 11) is 0. The summed E-state index contributed by atoms with van der Waals surface area (Å²) in [4.78, 5) is 20.8. The summed E-state index contributed by atoms with van der Waals surface area (Å²) in [6, 6.07) is 2.75. The number of nitrogens with zero attached hydrogens (tertiary/aromatic N) is 5. The number of piperidine rings is 1. The maximum absolute atomic E-state index is 12.9. The number of amides is 1. The molecule has 2 atom stereocenters. The average molecular weight is 480 g/mol. The Morgan fingerprint density at radius 1 is 1.15 bits per heavy atom. The number of halogens is 3. The van der Waals surface area contributed by atoms with Crippen molar-refractivity contribution in [1.29, 1.82) is 0 Å². The third-order valence-electron chi connectivity index (χ3n) is 6.20. The zero-order chi connectivity index (χ0) is 24.8. The molecule has 1 amide bonds. The van der Waals surface area contributed by atoms with Gasteiger partial charge in [-0.2, -0.15) is 13.2 Å². The molecule has 2 saturated heterocycles. The number of rotatable bonds is 2. The van der Waals surface area contributed by atoms with Crippen LogP contribution >= 0.6 is 0 Å². The van der Waals surface area contributed by atoms with Crippen molar-refractivity contribution >= 4 is 12.0 Å². The third kappa shape index (κ3) is 4.88. The summed E-state index contributed by atoms with van der Waals surface area (Å²) in [6.45, 7) is 9.00. The molecule has 2 fully saturated rings. The van der Waals surface area contributed by atoms with E-state index in [0.717, 1.165) is 18.9 Å². The predicted octanol–water partition coefficient (Wildman–Crippen LogP) is 4.41. The van der Waals surface area contributed by atoms with Crippen LogP contribution < -0.4 is 4.90 Å². The monoisotopic (exact) mass is 479 g/mol. The number of hydrogen-bond acceptors (Lipinski definition) is 7. The first kappa shape index (κ1) is 24.0. The number of carbonyl (C=O) groups is 1. The molecule has 8 nitrogen and oxygen atoms in total. The lowest BCUT2D eigenvalue weighted by atomic mass is 9.92. The van der Waals surface area contributed by atoms with Crippen molar-refractivity contribution in [2.45, 2.75) is 58.4 Å². The third-order valence-corrected chi connectivity index (χ3v) is 6.20. The predicted molar refractivity (Wildman–Crippen MR) is 118 cm³/mol. The molecule has 2 aromatic rings. The highest BCUT2D eigenvalue weighted by Crippen LogP contribution is 2.38. The molecule has 0 spiro atoms. The molecule has 0 radical (unpaired) electrons. The molecule has 3 heterocycles. The standard InChI is InChI=1S/C23H28F3N5O3/c1-13-19(16-6-5-15(11-18(16)32)23(24,25)26)28-29-20(27-13)31-10-8-14-7-9-30(12-17(14)31)21(33)34-22(2,3)4/h5-6,11,14,17,32H,7-10,12H2,1-4H3/t14-,17-/m0/s1. The number of ether oxygens (including phenoxy) is 1. The van der Waals surface area contributed by atoms with Crippen molar-refractivity contribution in [3.63, 3.8) is 0 Å². The first-order valence-electron chi connectivity index (χ1n) is 11.2. The normalized spacial score (nSPS) is 20.9. The summed E-state index contributed by atoms with van der Waals surface area (Å²) >= 11 is 0. The number of phenolic OH excluding ortho intramolecular Hbond substituents is 1. The molecule has 0 saturated carbocycles. The van der Waals surface area contributed by atoms with Gasteiger partial charge in [0.25, 0.3) is 0 Å². The highest BCUT2D eigenvalue weighted by atomic mass is 19.4. The summed E-state index contributed by atoms with van der Waals surface area (Å²) < 4.78 is 44.3. The molecule has 1 N–H and O–H groups in total. The molecular weight excluding hydrogens is 451 g/mol. The second-order valence-corrected chi connectivity index (χ2v) is 9.80. The lowest BCUT2D eigenvalue weighted by molar-refractivity contribution is -0.137. The zero-order valence-electron chi connectivity index (χ0n) is 19.6. The van der Waals surface area contributed by atoms with E-state index in [2.05, 4.69) is 15.2 Å². The molecule has 2 aliphatic rings. The lowest BCUT2D eigenvalue weighted by Gasteiger charge is -2.38. The Morgan fingerprint density at radius 3 is 2.47 bits per heavy atom. The molecule has 4 rings (SSSR count). The van der Waals surface area contributed by atoms with E-state index in [4.69, 9.17) is 4.74 Å². The number of carbonyl (C=O) groups excluding carboxylic acids is 1. The Bertz CT molecular complexity index is 1090. The second kappa shape index (κ2) is 8.59. The van der Waals surface area contributed by atoms with E-state index in [0.29, 0.717) is 43.3 Å². The van der Waals surface area contributed by atoms with Crippen molar-refractivity contribution in [3.05, 3.63) is 29.5 Å².